The van der Waals surface area contributed by atoms with Crippen molar-refractivity contribution in [2.45, 2.75) is 25.1 Å². The number of piperidine rings is 1. The lowest BCUT2D eigenvalue weighted by atomic mass is 10.1. The van der Waals surface area contributed by atoms with Crippen LogP contribution in [0.3, 0.4) is 0 Å². The van der Waals surface area contributed by atoms with Crippen LogP contribution in [0.1, 0.15) is 18.4 Å². The molecule has 2 N–H and O–H groups in total. The minimum Gasteiger partial charge on any atom is -0.492 e. The van der Waals surface area contributed by atoms with Gasteiger partial charge in [-0.1, -0.05) is 0 Å². The molecule has 1 fully saturated rings. The molecule has 0 unspecified atom stereocenters. The van der Waals surface area contributed by atoms with Crippen molar-refractivity contribution in [2.75, 3.05) is 38.2 Å². The van der Waals surface area contributed by atoms with E-state index in [2.05, 4.69) is 38.0 Å². The molecule has 1 saturated heterocycles. The largest absolute Gasteiger partial charge is 0.492 e. The van der Waals surface area contributed by atoms with Gasteiger partial charge in [-0.25, -0.2) is 0 Å². The van der Waals surface area contributed by atoms with Gasteiger partial charge in [0.25, 0.3) is 0 Å². The van der Waals surface area contributed by atoms with Crippen LogP contribution in [0.4, 0.5) is 18.2 Å². The van der Waals surface area contributed by atoms with E-state index < -0.39 is 11.7 Å². The molecule has 10 heteroatoms. The molecule has 1 aromatic carbocycles. The van der Waals surface area contributed by atoms with Gasteiger partial charge in [0, 0.05) is 26.2 Å². The summed E-state index contributed by atoms with van der Waals surface area (Å²) >= 11 is 1.76. The Kier molecular flexibility index (Phi) is 9.53. The molecular formula is C20H26F3IN4OS. The van der Waals surface area contributed by atoms with Crippen molar-refractivity contribution in [2.24, 2.45) is 4.99 Å². The zero-order chi connectivity index (χ0) is 20.7. The van der Waals surface area contributed by atoms with Crippen LogP contribution in [-0.2, 0) is 6.18 Å². The second-order valence-corrected chi connectivity index (χ2v) is 7.65. The molecule has 0 amide bonds. The highest BCUT2D eigenvalue weighted by Gasteiger charge is 2.30. The third kappa shape index (κ3) is 7.22. The molecule has 1 aliphatic rings. The van der Waals surface area contributed by atoms with Crippen molar-refractivity contribution >= 4 is 46.3 Å². The van der Waals surface area contributed by atoms with Crippen molar-refractivity contribution < 1.29 is 17.9 Å². The number of anilines is 1. The van der Waals surface area contributed by atoms with E-state index in [4.69, 9.17) is 4.74 Å². The number of halogens is 4. The lowest BCUT2D eigenvalue weighted by molar-refractivity contribution is -0.137. The van der Waals surface area contributed by atoms with Gasteiger partial charge in [0.15, 0.2) is 5.96 Å². The van der Waals surface area contributed by atoms with Crippen molar-refractivity contribution in [1.82, 2.24) is 10.6 Å². The van der Waals surface area contributed by atoms with E-state index in [9.17, 15) is 13.2 Å². The minimum atomic E-state index is -4.34. The number of guanidine groups is 1. The maximum absolute atomic E-state index is 12.6. The normalized spacial score (nSPS) is 15.5. The molecule has 0 spiro atoms. The summed E-state index contributed by atoms with van der Waals surface area (Å²) in [5.41, 5.74) is -0.683. The number of benzene rings is 1. The van der Waals surface area contributed by atoms with Gasteiger partial charge in [-0.3, -0.25) is 4.99 Å². The van der Waals surface area contributed by atoms with Crippen molar-refractivity contribution in [3.63, 3.8) is 0 Å². The average molecular weight is 554 g/mol. The van der Waals surface area contributed by atoms with Crippen LogP contribution >= 0.6 is 35.3 Å². The first-order valence-corrected chi connectivity index (χ1v) is 10.4. The van der Waals surface area contributed by atoms with Crippen LogP contribution in [0.15, 0.2) is 46.8 Å². The van der Waals surface area contributed by atoms with Gasteiger partial charge in [0.1, 0.15) is 12.4 Å². The third-order valence-electron chi connectivity index (χ3n) is 4.72. The molecule has 2 aromatic rings. The molecule has 2 heterocycles. The summed E-state index contributed by atoms with van der Waals surface area (Å²) < 4.78 is 43.2. The number of nitrogens with zero attached hydrogens (tertiary/aromatic N) is 2. The molecule has 1 aromatic heterocycles. The van der Waals surface area contributed by atoms with E-state index in [-0.39, 0.29) is 24.0 Å². The Morgan fingerprint density at radius 2 is 1.90 bits per heavy atom. The van der Waals surface area contributed by atoms with Crippen LogP contribution in [0, 0.1) is 0 Å². The number of thiophene rings is 1. The molecule has 5 nitrogen and oxygen atoms in total. The van der Waals surface area contributed by atoms with E-state index in [1.165, 1.54) is 17.1 Å². The molecule has 0 aliphatic carbocycles. The van der Waals surface area contributed by atoms with Crippen molar-refractivity contribution in [1.29, 1.82) is 0 Å². The topological polar surface area (TPSA) is 48.9 Å². The maximum atomic E-state index is 12.6. The van der Waals surface area contributed by atoms with Gasteiger partial charge in [-0.2, -0.15) is 13.2 Å². The van der Waals surface area contributed by atoms with E-state index in [1.807, 2.05) is 0 Å². The minimum absolute atomic E-state index is 0. The number of rotatable bonds is 6. The molecule has 3 rings (SSSR count). The lowest BCUT2D eigenvalue weighted by Crippen LogP contribution is -2.49. The number of aliphatic imine (C=N–C) groups is 1. The second-order valence-electron chi connectivity index (χ2n) is 6.73. The molecule has 166 valence electrons. The molecule has 1 aliphatic heterocycles. The summed E-state index contributed by atoms with van der Waals surface area (Å²) in [6, 6.07) is 9.28. The van der Waals surface area contributed by atoms with Crippen LogP contribution in [0.25, 0.3) is 0 Å². The number of hydrogen-bond donors (Lipinski definition) is 2. The maximum Gasteiger partial charge on any atom is 0.416 e. The summed E-state index contributed by atoms with van der Waals surface area (Å²) in [5.74, 6) is 1.11. The number of ether oxygens (including phenoxy) is 1. The predicted molar refractivity (Wildman–Crippen MR) is 126 cm³/mol. The summed E-state index contributed by atoms with van der Waals surface area (Å²) in [6.07, 6.45) is -2.28. The lowest BCUT2D eigenvalue weighted by Gasteiger charge is -2.33. The fourth-order valence-corrected chi connectivity index (χ4v) is 3.95. The first-order valence-electron chi connectivity index (χ1n) is 9.51. The van der Waals surface area contributed by atoms with Crippen molar-refractivity contribution in [3.05, 3.63) is 47.3 Å². The molecular weight excluding hydrogens is 528 g/mol. The quantitative estimate of drug-likeness (QED) is 0.237. The molecule has 0 atom stereocenters. The molecule has 0 radical (unpaired) electrons. The van der Waals surface area contributed by atoms with E-state index >= 15 is 0 Å². The van der Waals surface area contributed by atoms with Crippen LogP contribution in [0.5, 0.6) is 5.75 Å². The van der Waals surface area contributed by atoms with Gasteiger partial charge in [0.2, 0.25) is 0 Å². The Morgan fingerprint density at radius 1 is 1.20 bits per heavy atom. The summed E-state index contributed by atoms with van der Waals surface area (Å²) in [5, 5.41) is 10.0. The Hall–Kier alpha value is -1.69. The average Bonchev–Trinajstić information content (AvgIpc) is 3.25. The zero-order valence-electron chi connectivity index (χ0n) is 16.6. The van der Waals surface area contributed by atoms with Gasteiger partial charge in [0.05, 0.1) is 17.1 Å². The summed E-state index contributed by atoms with van der Waals surface area (Å²) in [6.45, 7) is 2.83. The molecule has 0 bridgehead atoms. The molecule has 0 saturated carbocycles. The zero-order valence-corrected chi connectivity index (χ0v) is 19.8. The SMILES string of the molecule is CN=C(NCCOc1ccc(C(F)(F)F)cc1)NC1CCN(c2cccs2)CC1.I. The highest BCUT2D eigenvalue weighted by atomic mass is 127. The van der Waals surface area contributed by atoms with E-state index in [0.717, 1.165) is 38.1 Å². The number of alkyl halides is 3. The second kappa shape index (κ2) is 11.6. The predicted octanol–water partition coefficient (Wildman–Crippen LogP) is 4.60. The fourth-order valence-electron chi connectivity index (χ4n) is 3.16. The first-order chi connectivity index (χ1) is 14.0. The Morgan fingerprint density at radius 3 is 2.47 bits per heavy atom. The van der Waals surface area contributed by atoms with Gasteiger partial charge in [-0.15, -0.1) is 35.3 Å². The smallest absolute Gasteiger partial charge is 0.416 e. The van der Waals surface area contributed by atoms with Gasteiger partial charge < -0.3 is 20.3 Å². The van der Waals surface area contributed by atoms with Gasteiger partial charge >= 0.3 is 6.18 Å². The van der Waals surface area contributed by atoms with Crippen LogP contribution < -0.4 is 20.3 Å². The summed E-state index contributed by atoms with van der Waals surface area (Å²) in [7, 11) is 1.72. The first kappa shape index (κ1) is 24.6. The number of nitrogens with one attached hydrogen (secondary N) is 2. The standard InChI is InChI=1S/C20H25F3N4OS.HI/c1-24-19(26-16-8-11-27(12-9-16)18-3-2-14-29-18)25-10-13-28-17-6-4-15(5-7-17)20(21,22)23;/h2-7,14,16H,8-13H2,1H3,(H2,24,25,26);1H. The van der Waals surface area contributed by atoms with E-state index in [1.54, 1.807) is 18.4 Å². The fraction of sp³-hybridized carbons (Fsp3) is 0.450. The van der Waals surface area contributed by atoms with Gasteiger partial charge in [-0.05, 0) is 54.6 Å². The highest BCUT2D eigenvalue weighted by Crippen LogP contribution is 2.30. The van der Waals surface area contributed by atoms with Crippen LogP contribution in [0.2, 0.25) is 0 Å². The molecule has 30 heavy (non-hydrogen) atoms. The Labute approximate surface area is 195 Å². The van der Waals surface area contributed by atoms with Crippen LogP contribution in [-0.4, -0.2) is 45.3 Å². The van der Waals surface area contributed by atoms with E-state index in [0.29, 0.717) is 30.9 Å². The monoisotopic (exact) mass is 554 g/mol. The highest BCUT2D eigenvalue weighted by molar-refractivity contribution is 14.0. The third-order valence-corrected chi connectivity index (χ3v) is 5.65. The van der Waals surface area contributed by atoms with Crippen molar-refractivity contribution in [3.8, 4) is 5.75 Å². The number of hydrogen-bond acceptors (Lipinski definition) is 4. The Balaban J connectivity index is 0.00000320. The summed E-state index contributed by atoms with van der Waals surface area (Å²) in [4.78, 5) is 6.64. The Bertz CT molecular complexity index is 776.